The molecule has 1 aromatic rings. The zero-order valence-corrected chi connectivity index (χ0v) is 9.80. The maximum Gasteiger partial charge on any atom is 0.266 e. The van der Waals surface area contributed by atoms with Gasteiger partial charge < -0.3 is 0 Å². The van der Waals surface area contributed by atoms with E-state index in [1.807, 2.05) is 0 Å². The summed E-state index contributed by atoms with van der Waals surface area (Å²) in [5.74, 6) is -1.64. The van der Waals surface area contributed by atoms with E-state index in [-0.39, 0.29) is 11.8 Å². The maximum absolute atomic E-state index is 13.1. The van der Waals surface area contributed by atoms with E-state index in [1.54, 1.807) is 6.07 Å². The average Bonchev–Trinajstić information content (AvgIpc) is 2.33. The fourth-order valence-corrected chi connectivity index (χ4v) is 2.56. The summed E-state index contributed by atoms with van der Waals surface area (Å²) in [6.07, 6.45) is 2.17. The first-order chi connectivity index (χ1) is 8.56. The fraction of sp³-hybridized carbons (Fsp3) is 0.429. The monoisotopic (exact) mass is 258 g/mol. The molecule has 0 aliphatic heterocycles. The van der Waals surface area contributed by atoms with E-state index in [4.69, 9.17) is 0 Å². The van der Waals surface area contributed by atoms with Crippen LogP contribution in [-0.4, -0.2) is 0 Å². The van der Waals surface area contributed by atoms with Gasteiger partial charge in [-0.1, -0.05) is 6.07 Å². The summed E-state index contributed by atoms with van der Waals surface area (Å²) in [5.41, 5.74) is 0.761. The molecule has 98 valence electrons. The molecule has 1 aromatic carbocycles. The van der Waals surface area contributed by atoms with E-state index < -0.39 is 17.7 Å². The molecule has 0 aromatic heterocycles. The summed E-state index contributed by atoms with van der Waals surface area (Å²) in [6, 6.07) is 3.92. The molecule has 1 aliphatic rings. The Kier molecular flexibility index (Phi) is 4.04. The second kappa shape index (κ2) is 5.55. The second-order valence-corrected chi connectivity index (χ2v) is 4.74. The van der Waals surface area contributed by atoms with Gasteiger partial charge in [0.25, 0.3) is 6.08 Å². The van der Waals surface area contributed by atoms with Crippen molar-refractivity contribution in [2.45, 2.75) is 31.6 Å². The van der Waals surface area contributed by atoms with Gasteiger partial charge in [0.1, 0.15) is 0 Å². The summed E-state index contributed by atoms with van der Waals surface area (Å²) >= 11 is 0. The minimum atomic E-state index is -1.63. The van der Waals surface area contributed by atoms with Crippen molar-refractivity contribution in [2.24, 2.45) is 5.92 Å². The summed E-state index contributed by atoms with van der Waals surface area (Å²) in [4.78, 5) is 0. The topological polar surface area (TPSA) is 0 Å². The molecule has 0 heterocycles. The summed E-state index contributed by atoms with van der Waals surface area (Å²) in [6.45, 7) is 0. The van der Waals surface area contributed by atoms with Crippen molar-refractivity contribution >= 4 is 0 Å². The molecule has 4 heteroatoms. The van der Waals surface area contributed by atoms with Gasteiger partial charge in [-0.2, -0.15) is 8.78 Å². The summed E-state index contributed by atoms with van der Waals surface area (Å²) in [7, 11) is 0. The molecule has 1 fully saturated rings. The first-order valence-electron chi connectivity index (χ1n) is 6.04. The molecule has 0 nitrogen and oxygen atoms in total. The van der Waals surface area contributed by atoms with Crippen LogP contribution in [-0.2, 0) is 0 Å². The molecular formula is C14H14F4. The molecule has 1 saturated carbocycles. The normalized spacial score (nSPS) is 23.8. The predicted octanol–water partition coefficient (Wildman–Crippen LogP) is 5.02. The van der Waals surface area contributed by atoms with Gasteiger partial charge in [-0.15, -0.1) is 0 Å². The Balaban J connectivity index is 2.01. The Labute approximate surface area is 103 Å². The molecule has 0 saturated heterocycles. The van der Waals surface area contributed by atoms with Crippen LogP contribution in [0.2, 0.25) is 0 Å². The molecule has 1 aliphatic carbocycles. The van der Waals surface area contributed by atoms with E-state index in [9.17, 15) is 17.6 Å². The van der Waals surface area contributed by atoms with Crippen LogP contribution in [0.3, 0.4) is 0 Å². The SMILES string of the molecule is FC(F)=C[C@H]1CC[C@H](c2ccc(F)c(F)c2)CC1. The third kappa shape index (κ3) is 3.12. The van der Waals surface area contributed by atoms with Crippen molar-refractivity contribution in [3.05, 3.63) is 47.6 Å². The molecule has 0 bridgehead atoms. The third-order valence-corrected chi connectivity index (χ3v) is 3.55. The lowest BCUT2D eigenvalue weighted by atomic mass is 9.79. The molecule has 0 N–H and O–H groups in total. The first-order valence-corrected chi connectivity index (χ1v) is 6.04. The van der Waals surface area contributed by atoms with Crippen molar-refractivity contribution < 1.29 is 17.6 Å². The molecule has 0 atom stereocenters. The number of benzene rings is 1. The van der Waals surface area contributed by atoms with Crippen LogP contribution < -0.4 is 0 Å². The second-order valence-electron chi connectivity index (χ2n) is 4.74. The van der Waals surface area contributed by atoms with Gasteiger partial charge >= 0.3 is 0 Å². The van der Waals surface area contributed by atoms with Crippen LogP contribution in [0.15, 0.2) is 30.4 Å². The highest BCUT2D eigenvalue weighted by molar-refractivity contribution is 5.22. The smallest absolute Gasteiger partial charge is 0.204 e. The lowest BCUT2D eigenvalue weighted by Crippen LogP contribution is -2.12. The van der Waals surface area contributed by atoms with Gasteiger partial charge in [0.2, 0.25) is 0 Å². The lowest BCUT2D eigenvalue weighted by molar-refractivity contribution is 0.350. The van der Waals surface area contributed by atoms with Crippen LogP contribution in [0.25, 0.3) is 0 Å². The third-order valence-electron chi connectivity index (χ3n) is 3.55. The Morgan fingerprint density at radius 3 is 2.22 bits per heavy atom. The molecular weight excluding hydrogens is 244 g/mol. The molecule has 0 amide bonds. The van der Waals surface area contributed by atoms with Crippen LogP contribution >= 0.6 is 0 Å². The standard InChI is InChI=1S/C14H14F4/c15-12-6-5-11(8-13(12)16)10-3-1-9(2-4-10)7-14(17)18/h5-10H,1-4H2/t9-,10-. The van der Waals surface area contributed by atoms with E-state index in [0.717, 1.165) is 30.5 Å². The highest BCUT2D eigenvalue weighted by Crippen LogP contribution is 2.37. The number of halogens is 4. The Morgan fingerprint density at radius 1 is 1.00 bits per heavy atom. The zero-order valence-electron chi connectivity index (χ0n) is 9.80. The molecule has 0 spiro atoms. The van der Waals surface area contributed by atoms with E-state index in [1.165, 1.54) is 6.07 Å². The van der Waals surface area contributed by atoms with Crippen LogP contribution in [0.1, 0.15) is 37.2 Å². The minimum Gasteiger partial charge on any atom is -0.204 e. The van der Waals surface area contributed by atoms with Crippen LogP contribution in [0.4, 0.5) is 17.6 Å². The van der Waals surface area contributed by atoms with Gasteiger partial charge in [-0.3, -0.25) is 0 Å². The first kappa shape index (κ1) is 13.1. The van der Waals surface area contributed by atoms with E-state index in [0.29, 0.717) is 12.8 Å². The van der Waals surface area contributed by atoms with Gasteiger partial charge in [0, 0.05) is 0 Å². The van der Waals surface area contributed by atoms with Crippen LogP contribution in [0, 0.1) is 17.6 Å². The summed E-state index contributed by atoms with van der Waals surface area (Å²) in [5, 5.41) is 0. The number of allylic oxidation sites excluding steroid dienone is 1. The fourth-order valence-electron chi connectivity index (χ4n) is 2.56. The Bertz CT molecular complexity index is 441. The molecule has 0 radical (unpaired) electrons. The largest absolute Gasteiger partial charge is 0.266 e. The van der Waals surface area contributed by atoms with Crippen molar-refractivity contribution in [3.63, 3.8) is 0 Å². The predicted molar refractivity (Wildman–Crippen MR) is 61.4 cm³/mol. The van der Waals surface area contributed by atoms with Crippen molar-refractivity contribution in [2.75, 3.05) is 0 Å². The zero-order chi connectivity index (χ0) is 13.1. The lowest BCUT2D eigenvalue weighted by Gasteiger charge is -2.26. The highest BCUT2D eigenvalue weighted by Gasteiger charge is 2.22. The Morgan fingerprint density at radius 2 is 1.67 bits per heavy atom. The average molecular weight is 258 g/mol. The quantitative estimate of drug-likeness (QED) is 0.653. The highest BCUT2D eigenvalue weighted by atomic mass is 19.3. The molecule has 2 rings (SSSR count). The van der Waals surface area contributed by atoms with Crippen LogP contribution in [0.5, 0.6) is 0 Å². The summed E-state index contributed by atoms with van der Waals surface area (Å²) < 4.78 is 50.1. The van der Waals surface area contributed by atoms with Gasteiger partial charge in [-0.25, -0.2) is 8.78 Å². The van der Waals surface area contributed by atoms with Crippen molar-refractivity contribution in [1.82, 2.24) is 0 Å². The van der Waals surface area contributed by atoms with Gasteiger partial charge in [0.15, 0.2) is 11.6 Å². The number of rotatable bonds is 2. The van der Waals surface area contributed by atoms with Gasteiger partial charge in [0.05, 0.1) is 0 Å². The Hall–Kier alpha value is -1.32. The van der Waals surface area contributed by atoms with E-state index >= 15 is 0 Å². The molecule has 0 unspecified atom stereocenters. The number of hydrogen-bond donors (Lipinski definition) is 0. The number of hydrogen-bond acceptors (Lipinski definition) is 0. The van der Waals surface area contributed by atoms with Gasteiger partial charge in [-0.05, 0) is 61.3 Å². The maximum atomic E-state index is 13.1. The minimum absolute atomic E-state index is 0.0865. The molecule has 18 heavy (non-hydrogen) atoms. The van der Waals surface area contributed by atoms with Crippen molar-refractivity contribution in [3.8, 4) is 0 Å². The van der Waals surface area contributed by atoms with E-state index in [2.05, 4.69) is 0 Å². The van der Waals surface area contributed by atoms with Crippen molar-refractivity contribution in [1.29, 1.82) is 0 Å².